The van der Waals surface area contributed by atoms with Crippen LogP contribution in [0.1, 0.15) is 19.3 Å². The highest BCUT2D eigenvalue weighted by Gasteiger charge is 2.46. The lowest BCUT2D eigenvalue weighted by atomic mass is 9.90. The van der Waals surface area contributed by atoms with E-state index in [9.17, 15) is 4.21 Å². The van der Waals surface area contributed by atoms with Crippen LogP contribution in [0, 0.1) is 0 Å². The first kappa shape index (κ1) is 15.0. The average Bonchev–Trinajstić information content (AvgIpc) is 2.98. The summed E-state index contributed by atoms with van der Waals surface area (Å²) < 4.78 is 29.5. The van der Waals surface area contributed by atoms with Crippen molar-refractivity contribution in [2.45, 2.75) is 41.2 Å². The van der Waals surface area contributed by atoms with Crippen molar-refractivity contribution in [2.75, 3.05) is 20.3 Å². The molecule has 6 heteroatoms. The summed E-state index contributed by atoms with van der Waals surface area (Å²) in [4.78, 5) is 0.770. The Hall–Kier alpha value is -0.950. The van der Waals surface area contributed by atoms with Crippen LogP contribution in [0.2, 0.25) is 0 Å². The molecule has 0 radical (unpaired) electrons. The molecule has 2 aliphatic rings. The van der Waals surface area contributed by atoms with Crippen LogP contribution in [0.15, 0.2) is 29.2 Å². The van der Waals surface area contributed by atoms with Crippen molar-refractivity contribution < 1.29 is 18.4 Å². The fourth-order valence-corrected chi connectivity index (χ4v) is 4.62. The van der Waals surface area contributed by atoms with Crippen LogP contribution in [0.3, 0.4) is 0 Å². The third-order valence-electron chi connectivity index (χ3n) is 4.23. The van der Waals surface area contributed by atoms with Gasteiger partial charge >= 0.3 is 0 Å². The van der Waals surface area contributed by atoms with E-state index in [-0.39, 0.29) is 11.3 Å². The second-order valence-corrected chi connectivity index (χ2v) is 7.20. The number of hydrogen-bond donors (Lipinski definition) is 1. The lowest BCUT2D eigenvalue weighted by molar-refractivity contribution is -0.177. The molecule has 116 valence electrons. The Bertz CT molecular complexity index is 513. The minimum absolute atomic E-state index is 0.0913. The third-order valence-corrected chi connectivity index (χ3v) is 6.03. The van der Waals surface area contributed by atoms with Gasteiger partial charge < -0.3 is 19.9 Å². The van der Waals surface area contributed by atoms with Gasteiger partial charge in [0.1, 0.15) is 5.75 Å². The molecule has 1 saturated carbocycles. The van der Waals surface area contributed by atoms with Gasteiger partial charge in [-0.2, -0.15) is 0 Å². The number of rotatable bonds is 3. The zero-order valence-electron chi connectivity index (χ0n) is 12.1. The summed E-state index contributed by atoms with van der Waals surface area (Å²) in [6.07, 6.45) is 2.14. The van der Waals surface area contributed by atoms with Gasteiger partial charge in [-0.3, -0.25) is 4.21 Å². The average molecular weight is 311 g/mol. The molecular formula is C15H21NO4S. The largest absolute Gasteiger partial charge is 0.497 e. The molecule has 1 aromatic carbocycles. The third kappa shape index (κ3) is 2.99. The molecule has 0 bridgehead atoms. The van der Waals surface area contributed by atoms with Crippen molar-refractivity contribution in [1.82, 2.24) is 0 Å². The van der Waals surface area contributed by atoms with Gasteiger partial charge in [0.25, 0.3) is 0 Å². The Balaban J connectivity index is 1.77. The monoisotopic (exact) mass is 311 g/mol. The minimum atomic E-state index is -1.17. The van der Waals surface area contributed by atoms with Gasteiger partial charge in [0.15, 0.2) is 5.79 Å². The molecule has 2 fully saturated rings. The summed E-state index contributed by atoms with van der Waals surface area (Å²) in [5, 5.41) is -0.148. The smallest absolute Gasteiger partial charge is 0.169 e. The van der Waals surface area contributed by atoms with Gasteiger partial charge in [-0.05, 0) is 30.7 Å². The highest BCUT2D eigenvalue weighted by atomic mass is 32.2. The standard InChI is InChI=1S/C15H21NO4S/c1-18-11-2-4-12(5-3-11)21(17)14-10-15(7-6-13(14)16)19-8-9-20-15/h2-5,13-14H,6-10,16H2,1H3. The molecule has 1 aromatic rings. The van der Waals surface area contributed by atoms with Gasteiger partial charge in [-0.25, -0.2) is 0 Å². The second kappa shape index (κ2) is 6.04. The highest BCUT2D eigenvalue weighted by molar-refractivity contribution is 7.85. The molecule has 3 atom stereocenters. The zero-order chi connectivity index (χ0) is 14.9. The lowest BCUT2D eigenvalue weighted by Crippen LogP contribution is -2.50. The van der Waals surface area contributed by atoms with Crippen molar-refractivity contribution >= 4 is 10.8 Å². The molecule has 1 saturated heterocycles. The lowest BCUT2D eigenvalue weighted by Gasteiger charge is -2.39. The normalized spacial score (nSPS) is 29.4. The predicted octanol–water partition coefficient (Wildman–Crippen LogP) is 1.43. The summed E-state index contributed by atoms with van der Waals surface area (Å²) in [6, 6.07) is 7.21. The van der Waals surface area contributed by atoms with Crippen molar-refractivity contribution in [1.29, 1.82) is 0 Å². The molecule has 1 aliphatic heterocycles. The number of ether oxygens (including phenoxy) is 3. The first-order valence-corrected chi connectivity index (χ1v) is 8.43. The summed E-state index contributed by atoms with van der Waals surface area (Å²) in [6.45, 7) is 1.22. The molecule has 3 rings (SSSR count). The predicted molar refractivity (Wildman–Crippen MR) is 79.7 cm³/mol. The van der Waals surface area contributed by atoms with E-state index in [0.29, 0.717) is 19.6 Å². The van der Waals surface area contributed by atoms with E-state index in [1.165, 1.54) is 0 Å². The van der Waals surface area contributed by atoms with Crippen molar-refractivity contribution in [3.8, 4) is 5.75 Å². The van der Waals surface area contributed by atoms with E-state index in [1.807, 2.05) is 24.3 Å². The Kier molecular flexibility index (Phi) is 4.31. The van der Waals surface area contributed by atoms with Crippen LogP contribution in [-0.2, 0) is 20.3 Å². The molecule has 1 spiro atoms. The molecule has 5 nitrogen and oxygen atoms in total. The molecule has 3 unspecified atom stereocenters. The van der Waals surface area contributed by atoms with E-state index in [2.05, 4.69) is 0 Å². The van der Waals surface area contributed by atoms with Crippen LogP contribution in [0.25, 0.3) is 0 Å². The van der Waals surface area contributed by atoms with E-state index in [4.69, 9.17) is 19.9 Å². The summed E-state index contributed by atoms with van der Waals surface area (Å²) in [5.41, 5.74) is 6.20. The first-order chi connectivity index (χ1) is 10.1. The Morgan fingerprint density at radius 3 is 2.57 bits per heavy atom. The van der Waals surface area contributed by atoms with Crippen molar-refractivity contribution in [3.05, 3.63) is 24.3 Å². The quantitative estimate of drug-likeness (QED) is 0.914. The van der Waals surface area contributed by atoms with Crippen LogP contribution in [-0.4, -0.2) is 41.6 Å². The number of hydrogen-bond acceptors (Lipinski definition) is 5. The van der Waals surface area contributed by atoms with Crippen LogP contribution < -0.4 is 10.5 Å². The summed E-state index contributed by atoms with van der Waals surface area (Å²) >= 11 is 0. The fourth-order valence-electron chi connectivity index (χ4n) is 3.01. The zero-order valence-corrected chi connectivity index (χ0v) is 12.9. The fraction of sp³-hybridized carbons (Fsp3) is 0.600. The minimum Gasteiger partial charge on any atom is -0.497 e. The summed E-state index contributed by atoms with van der Waals surface area (Å²) in [5.74, 6) is 0.186. The van der Waals surface area contributed by atoms with E-state index in [0.717, 1.165) is 23.5 Å². The molecule has 21 heavy (non-hydrogen) atoms. The van der Waals surface area contributed by atoms with Crippen LogP contribution in [0.5, 0.6) is 5.75 Å². The van der Waals surface area contributed by atoms with Gasteiger partial charge in [0.05, 0.1) is 36.4 Å². The first-order valence-electron chi connectivity index (χ1n) is 7.22. The Morgan fingerprint density at radius 2 is 1.95 bits per heavy atom. The second-order valence-electron chi connectivity index (χ2n) is 5.53. The van der Waals surface area contributed by atoms with E-state index >= 15 is 0 Å². The number of nitrogens with two attached hydrogens (primary N) is 1. The van der Waals surface area contributed by atoms with E-state index < -0.39 is 16.6 Å². The van der Waals surface area contributed by atoms with Gasteiger partial charge in [0, 0.05) is 23.8 Å². The Morgan fingerprint density at radius 1 is 1.29 bits per heavy atom. The molecule has 1 heterocycles. The highest BCUT2D eigenvalue weighted by Crippen LogP contribution is 2.38. The summed E-state index contributed by atoms with van der Waals surface area (Å²) in [7, 11) is 0.440. The van der Waals surface area contributed by atoms with Gasteiger partial charge in [-0.15, -0.1) is 0 Å². The molecule has 2 N–H and O–H groups in total. The molecule has 1 aliphatic carbocycles. The molecule has 0 aromatic heterocycles. The maximum Gasteiger partial charge on any atom is 0.169 e. The van der Waals surface area contributed by atoms with Crippen molar-refractivity contribution in [3.63, 3.8) is 0 Å². The number of benzene rings is 1. The van der Waals surface area contributed by atoms with E-state index in [1.54, 1.807) is 7.11 Å². The van der Waals surface area contributed by atoms with Crippen LogP contribution in [0.4, 0.5) is 0 Å². The Labute approximate surface area is 127 Å². The molecule has 0 amide bonds. The van der Waals surface area contributed by atoms with Gasteiger partial charge in [-0.1, -0.05) is 0 Å². The van der Waals surface area contributed by atoms with Crippen LogP contribution >= 0.6 is 0 Å². The topological polar surface area (TPSA) is 70.8 Å². The maximum absolute atomic E-state index is 12.8. The molecular weight excluding hydrogens is 290 g/mol. The maximum atomic E-state index is 12.8. The van der Waals surface area contributed by atoms with Crippen molar-refractivity contribution in [2.24, 2.45) is 5.73 Å². The number of methoxy groups -OCH3 is 1. The SMILES string of the molecule is COc1ccc(S(=O)C2CC3(CCC2N)OCCO3)cc1. The van der Waals surface area contributed by atoms with Gasteiger partial charge in [0.2, 0.25) is 0 Å².